The number of aromatic nitrogens is 2. The molecule has 1 aliphatic carbocycles. The highest BCUT2D eigenvalue weighted by atomic mass is 79.9. The summed E-state index contributed by atoms with van der Waals surface area (Å²) in [5.41, 5.74) is 3.27. The van der Waals surface area contributed by atoms with Gasteiger partial charge < -0.3 is 4.74 Å². The number of benzene rings is 1. The number of nitrogens with zero attached hydrogens (tertiary/aromatic N) is 2. The maximum absolute atomic E-state index is 14.1. The van der Waals surface area contributed by atoms with Gasteiger partial charge in [-0.2, -0.15) is 5.10 Å². The molecule has 150 valence electrons. The van der Waals surface area contributed by atoms with E-state index in [9.17, 15) is 8.78 Å². The van der Waals surface area contributed by atoms with Gasteiger partial charge in [-0.3, -0.25) is 10.00 Å². The van der Waals surface area contributed by atoms with E-state index in [0.29, 0.717) is 0 Å². The van der Waals surface area contributed by atoms with Crippen molar-refractivity contribution in [2.24, 2.45) is 5.92 Å². The number of H-pyrrole nitrogens is 1. The average molecular weight is 452 g/mol. The van der Waals surface area contributed by atoms with Crippen LogP contribution >= 0.6 is 15.9 Å². The summed E-state index contributed by atoms with van der Waals surface area (Å²) in [6.07, 6.45) is 7.33. The van der Waals surface area contributed by atoms with E-state index in [1.165, 1.54) is 5.56 Å². The molecule has 1 aromatic heterocycles. The van der Waals surface area contributed by atoms with Crippen molar-refractivity contribution in [2.75, 3.05) is 13.7 Å². The number of halogens is 3. The molecule has 4 nitrogen and oxygen atoms in total. The molecule has 0 bridgehead atoms. The molecule has 2 heterocycles. The standard InChI is InChI=1S/C21H24BrF2N3O/c1-12-8-16-14(6-7-18-17(16)10-25-26-18)20(27(12)11-21(2,23)24)15-5-4-13(22)9-19(15)28-3/h4,6-7,9-10,12,15,20H,5,8,11H2,1-3H3,(H,25,26)/t12-,15?,20+/m1/s1. The molecule has 28 heavy (non-hydrogen) atoms. The van der Waals surface area contributed by atoms with E-state index in [2.05, 4.69) is 38.3 Å². The van der Waals surface area contributed by atoms with Gasteiger partial charge in [0.05, 0.1) is 25.4 Å². The fourth-order valence-corrected chi connectivity index (χ4v) is 5.05. The third kappa shape index (κ3) is 3.50. The Morgan fingerprint density at radius 1 is 1.39 bits per heavy atom. The van der Waals surface area contributed by atoms with Gasteiger partial charge in [0.25, 0.3) is 5.92 Å². The van der Waals surface area contributed by atoms with Gasteiger partial charge in [0.15, 0.2) is 0 Å². The van der Waals surface area contributed by atoms with Crippen LogP contribution in [0.4, 0.5) is 8.78 Å². The van der Waals surface area contributed by atoms with E-state index >= 15 is 0 Å². The quantitative estimate of drug-likeness (QED) is 0.682. The van der Waals surface area contributed by atoms with Crippen molar-refractivity contribution in [1.29, 1.82) is 0 Å². The number of alkyl halides is 2. The second-order valence-electron chi connectivity index (χ2n) is 7.89. The lowest BCUT2D eigenvalue weighted by Crippen LogP contribution is -2.49. The van der Waals surface area contributed by atoms with Crippen LogP contribution in [0.2, 0.25) is 0 Å². The van der Waals surface area contributed by atoms with Crippen LogP contribution in [0.15, 0.2) is 40.7 Å². The van der Waals surface area contributed by atoms with Crippen LogP contribution in [0, 0.1) is 5.92 Å². The first-order valence-electron chi connectivity index (χ1n) is 9.48. The second-order valence-corrected chi connectivity index (χ2v) is 8.80. The lowest BCUT2D eigenvalue weighted by atomic mass is 9.78. The second kappa shape index (κ2) is 7.26. The van der Waals surface area contributed by atoms with Crippen LogP contribution in [0.25, 0.3) is 10.9 Å². The number of rotatable bonds is 4. The molecule has 3 atom stereocenters. The van der Waals surface area contributed by atoms with Gasteiger partial charge in [-0.15, -0.1) is 0 Å². The molecule has 0 fully saturated rings. The monoisotopic (exact) mass is 451 g/mol. The van der Waals surface area contributed by atoms with E-state index in [-0.39, 0.29) is 24.5 Å². The highest BCUT2D eigenvalue weighted by molar-refractivity contribution is 9.11. The molecule has 1 aliphatic heterocycles. The molecular weight excluding hydrogens is 428 g/mol. The van der Waals surface area contributed by atoms with E-state index < -0.39 is 5.92 Å². The zero-order chi connectivity index (χ0) is 20.1. The number of hydrogen-bond acceptors (Lipinski definition) is 3. The Morgan fingerprint density at radius 2 is 2.18 bits per heavy atom. The minimum Gasteiger partial charge on any atom is -0.501 e. The number of fused-ring (bicyclic) bond motifs is 3. The summed E-state index contributed by atoms with van der Waals surface area (Å²) in [6, 6.07) is 3.86. The molecule has 0 amide bonds. The molecule has 1 aromatic carbocycles. The van der Waals surface area contributed by atoms with Crippen molar-refractivity contribution >= 4 is 26.8 Å². The summed E-state index contributed by atoms with van der Waals surface area (Å²) in [5, 5.41) is 8.28. The Hall–Kier alpha value is -1.73. The maximum Gasteiger partial charge on any atom is 0.257 e. The van der Waals surface area contributed by atoms with Crippen molar-refractivity contribution in [1.82, 2.24) is 15.1 Å². The molecule has 2 aliphatic rings. The molecule has 1 N–H and O–H groups in total. The van der Waals surface area contributed by atoms with Crippen LogP contribution in [-0.4, -0.2) is 40.7 Å². The van der Waals surface area contributed by atoms with E-state index in [1.54, 1.807) is 7.11 Å². The van der Waals surface area contributed by atoms with E-state index in [4.69, 9.17) is 4.74 Å². The zero-order valence-corrected chi connectivity index (χ0v) is 17.8. The first-order chi connectivity index (χ1) is 13.3. The largest absolute Gasteiger partial charge is 0.501 e. The van der Waals surface area contributed by atoms with Crippen LogP contribution in [0.1, 0.15) is 37.4 Å². The summed E-state index contributed by atoms with van der Waals surface area (Å²) >= 11 is 3.51. The van der Waals surface area contributed by atoms with E-state index in [0.717, 1.165) is 46.5 Å². The normalized spacial score (nSPS) is 26.0. The lowest BCUT2D eigenvalue weighted by molar-refractivity contribution is -0.0517. The zero-order valence-electron chi connectivity index (χ0n) is 16.2. The molecule has 1 unspecified atom stereocenters. The fourth-order valence-electron chi connectivity index (χ4n) is 4.64. The molecule has 2 aromatic rings. The Kier molecular flexibility index (Phi) is 5.08. The number of nitrogens with one attached hydrogen (secondary N) is 1. The molecule has 0 saturated heterocycles. The topological polar surface area (TPSA) is 41.1 Å². The first-order valence-corrected chi connectivity index (χ1v) is 10.3. The van der Waals surface area contributed by atoms with Crippen molar-refractivity contribution in [3.8, 4) is 0 Å². The smallest absolute Gasteiger partial charge is 0.257 e. The van der Waals surface area contributed by atoms with Crippen LogP contribution in [-0.2, 0) is 11.2 Å². The van der Waals surface area contributed by atoms with Gasteiger partial charge in [0, 0.05) is 34.8 Å². The van der Waals surface area contributed by atoms with Crippen LogP contribution < -0.4 is 0 Å². The van der Waals surface area contributed by atoms with Crippen LogP contribution in [0.5, 0.6) is 0 Å². The van der Waals surface area contributed by atoms with Gasteiger partial charge in [-0.05, 0) is 43.0 Å². The fraction of sp³-hybridized carbons (Fsp3) is 0.476. The minimum atomic E-state index is -2.77. The highest BCUT2D eigenvalue weighted by Crippen LogP contribution is 2.46. The third-order valence-corrected chi connectivity index (χ3v) is 6.36. The Balaban J connectivity index is 1.86. The van der Waals surface area contributed by atoms with Crippen molar-refractivity contribution < 1.29 is 13.5 Å². The van der Waals surface area contributed by atoms with Crippen molar-refractivity contribution in [3.63, 3.8) is 0 Å². The van der Waals surface area contributed by atoms with E-state index in [1.807, 2.05) is 30.2 Å². The highest BCUT2D eigenvalue weighted by Gasteiger charge is 2.43. The van der Waals surface area contributed by atoms with Gasteiger partial charge in [-0.25, -0.2) is 8.78 Å². The number of ether oxygens (including phenoxy) is 1. The Bertz CT molecular complexity index is 947. The minimum absolute atomic E-state index is 0.0173. The number of hydrogen-bond donors (Lipinski definition) is 1. The molecular formula is C21H24BrF2N3O. The Labute approximate surface area is 171 Å². The third-order valence-electron chi connectivity index (χ3n) is 5.80. The van der Waals surface area contributed by atoms with Gasteiger partial charge in [0.2, 0.25) is 0 Å². The molecule has 4 rings (SSSR count). The number of methoxy groups -OCH3 is 1. The van der Waals surface area contributed by atoms with Crippen molar-refractivity contribution in [2.45, 2.75) is 44.7 Å². The van der Waals surface area contributed by atoms with Crippen molar-refractivity contribution in [3.05, 3.63) is 51.9 Å². The molecule has 0 saturated carbocycles. The summed E-state index contributed by atoms with van der Waals surface area (Å²) in [7, 11) is 1.65. The predicted molar refractivity (Wildman–Crippen MR) is 110 cm³/mol. The van der Waals surface area contributed by atoms with Crippen LogP contribution in [0.3, 0.4) is 0 Å². The summed E-state index contributed by atoms with van der Waals surface area (Å²) in [4.78, 5) is 1.96. The number of allylic oxidation sites excluding steroid dienone is 3. The van der Waals surface area contributed by atoms with Gasteiger partial charge in [0.1, 0.15) is 5.76 Å². The number of aromatic amines is 1. The predicted octanol–water partition coefficient (Wildman–Crippen LogP) is 5.33. The maximum atomic E-state index is 14.1. The average Bonchev–Trinajstić information content (AvgIpc) is 3.11. The summed E-state index contributed by atoms with van der Waals surface area (Å²) in [6.45, 7) is 2.75. The lowest BCUT2D eigenvalue weighted by Gasteiger charge is -2.47. The molecule has 0 radical (unpaired) electrons. The summed E-state index contributed by atoms with van der Waals surface area (Å²) in [5.74, 6) is -1.98. The summed E-state index contributed by atoms with van der Waals surface area (Å²) < 4.78 is 34.9. The van der Waals surface area contributed by atoms with Gasteiger partial charge >= 0.3 is 0 Å². The van der Waals surface area contributed by atoms with Gasteiger partial charge in [-0.1, -0.05) is 28.1 Å². The SMILES string of the molecule is COC1=CC(Br)=CCC1[C@@H]1c2ccc3[nH]ncc3c2C[C@@H](C)N1CC(C)(F)F. The Morgan fingerprint density at radius 3 is 2.89 bits per heavy atom. The molecule has 7 heteroatoms. The first kappa shape index (κ1) is 19.6. The molecule has 0 spiro atoms.